The average Bonchev–Trinajstić information content (AvgIpc) is 2.21. The van der Waals surface area contributed by atoms with Gasteiger partial charge < -0.3 is 9.84 Å². The highest BCUT2D eigenvalue weighted by Gasteiger charge is 2.18. The van der Waals surface area contributed by atoms with Crippen LogP contribution in [-0.4, -0.2) is 68.7 Å². The van der Waals surface area contributed by atoms with E-state index in [4.69, 9.17) is 9.84 Å². The molecule has 0 fully saturated rings. The van der Waals surface area contributed by atoms with Gasteiger partial charge in [0.1, 0.15) is 0 Å². The predicted octanol–water partition coefficient (Wildman–Crippen LogP) is -0.157. The lowest BCUT2D eigenvalue weighted by Gasteiger charge is -2.20. The van der Waals surface area contributed by atoms with E-state index in [0.717, 1.165) is 0 Å². The van der Waals surface area contributed by atoms with E-state index in [2.05, 4.69) is 0 Å². The zero-order valence-corrected chi connectivity index (χ0v) is 11.4. The minimum absolute atomic E-state index is 0.0261. The molecule has 0 rings (SSSR count). The average molecular weight is 267 g/mol. The molecule has 6 nitrogen and oxygen atoms in total. The Morgan fingerprint density at radius 2 is 1.94 bits per heavy atom. The molecule has 1 N–H and O–H groups in total. The fourth-order valence-corrected chi connectivity index (χ4v) is 2.16. The number of rotatable bonds is 9. The van der Waals surface area contributed by atoms with Crippen LogP contribution >= 0.6 is 0 Å². The number of carboxylic acids is 1. The Balaban J connectivity index is 4.29. The number of hydrogen-bond acceptors (Lipinski definition) is 5. The molecule has 0 saturated carbocycles. The molecule has 102 valence electrons. The lowest BCUT2D eigenvalue weighted by Crippen LogP contribution is -2.37. The Hall–Kier alpha value is -0.660. The van der Waals surface area contributed by atoms with Gasteiger partial charge in [-0.05, 0) is 13.8 Å². The van der Waals surface area contributed by atoms with Gasteiger partial charge in [0.25, 0.3) is 0 Å². The van der Waals surface area contributed by atoms with Crippen molar-refractivity contribution in [1.82, 2.24) is 4.90 Å². The van der Waals surface area contributed by atoms with Crippen molar-refractivity contribution in [2.24, 2.45) is 0 Å². The molecule has 0 aromatic carbocycles. The number of hydrogen-bond donors (Lipinski definition) is 1. The number of aliphatic carboxylic acids is 1. The lowest BCUT2D eigenvalue weighted by molar-refractivity contribution is -0.138. The molecule has 0 aromatic rings. The van der Waals surface area contributed by atoms with Crippen LogP contribution in [0.4, 0.5) is 0 Å². The number of carbonyl (C=O) groups is 1. The highest BCUT2D eigenvalue weighted by atomic mass is 32.2. The van der Waals surface area contributed by atoms with Gasteiger partial charge in [0, 0.05) is 20.2 Å². The maximum absolute atomic E-state index is 11.6. The summed E-state index contributed by atoms with van der Waals surface area (Å²) in [5.74, 6) is -0.996. The molecule has 0 aromatic heterocycles. The van der Waals surface area contributed by atoms with E-state index in [-0.39, 0.29) is 18.8 Å². The van der Waals surface area contributed by atoms with Crippen LogP contribution in [0.2, 0.25) is 0 Å². The van der Waals surface area contributed by atoms with Crippen molar-refractivity contribution in [1.29, 1.82) is 0 Å². The SMILES string of the molecule is COCCN(CCS(=O)(=O)C(C)C)CC(=O)O. The Labute approximate surface area is 102 Å². The zero-order valence-electron chi connectivity index (χ0n) is 10.5. The van der Waals surface area contributed by atoms with Gasteiger partial charge in [0.05, 0.1) is 24.2 Å². The van der Waals surface area contributed by atoms with Crippen molar-refractivity contribution in [3.63, 3.8) is 0 Å². The predicted molar refractivity (Wildman–Crippen MR) is 64.9 cm³/mol. The molecule has 0 aliphatic carbocycles. The van der Waals surface area contributed by atoms with E-state index in [0.29, 0.717) is 13.2 Å². The molecule has 0 radical (unpaired) electrons. The molecule has 7 heteroatoms. The molecule has 0 aliphatic heterocycles. The van der Waals surface area contributed by atoms with Crippen molar-refractivity contribution < 1.29 is 23.1 Å². The number of ether oxygens (including phenoxy) is 1. The second kappa shape index (κ2) is 7.62. The lowest BCUT2D eigenvalue weighted by atomic mass is 10.4. The van der Waals surface area contributed by atoms with E-state index in [1.54, 1.807) is 18.7 Å². The summed E-state index contributed by atoms with van der Waals surface area (Å²) in [4.78, 5) is 12.2. The van der Waals surface area contributed by atoms with E-state index in [1.165, 1.54) is 7.11 Å². The molecule has 0 spiro atoms. The van der Waals surface area contributed by atoms with Gasteiger partial charge in [0.15, 0.2) is 9.84 Å². The standard InChI is InChI=1S/C10H21NO5S/c1-9(2)17(14,15)7-5-11(4-6-16-3)8-10(12)13/h9H,4-8H2,1-3H3,(H,12,13). The van der Waals surface area contributed by atoms with Crippen molar-refractivity contribution in [2.45, 2.75) is 19.1 Å². The molecule has 0 atom stereocenters. The summed E-state index contributed by atoms with van der Waals surface area (Å²) >= 11 is 0. The third-order valence-corrected chi connectivity index (χ3v) is 4.57. The van der Waals surface area contributed by atoms with Gasteiger partial charge >= 0.3 is 5.97 Å². The second-order valence-corrected chi connectivity index (χ2v) is 6.76. The molecule has 0 heterocycles. The molecular weight excluding hydrogens is 246 g/mol. The van der Waals surface area contributed by atoms with E-state index >= 15 is 0 Å². The van der Waals surface area contributed by atoms with E-state index in [9.17, 15) is 13.2 Å². The Kier molecular flexibility index (Phi) is 7.33. The molecule has 0 unspecified atom stereocenters. The molecule has 0 aliphatic rings. The molecule has 0 bridgehead atoms. The van der Waals surface area contributed by atoms with E-state index < -0.39 is 21.1 Å². The quantitative estimate of drug-likeness (QED) is 0.625. The Bertz CT molecular complexity index is 326. The summed E-state index contributed by atoms with van der Waals surface area (Å²) in [5, 5.41) is 8.26. The van der Waals surface area contributed by atoms with Crippen molar-refractivity contribution in [3.05, 3.63) is 0 Å². The van der Waals surface area contributed by atoms with Crippen molar-refractivity contribution >= 4 is 15.8 Å². The fourth-order valence-electron chi connectivity index (χ4n) is 1.17. The maximum Gasteiger partial charge on any atom is 0.317 e. The fraction of sp³-hybridized carbons (Fsp3) is 0.900. The van der Waals surface area contributed by atoms with Crippen LogP contribution in [0.15, 0.2) is 0 Å². The van der Waals surface area contributed by atoms with Gasteiger partial charge in [-0.2, -0.15) is 0 Å². The minimum Gasteiger partial charge on any atom is -0.480 e. The normalized spacial score (nSPS) is 12.3. The summed E-state index contributed by atoms with van der Waals surface area (Å²) in [6.07, 6.45) is 0. The van der Waals surface area contributed by atoms with Crippen LogP contribution in [0, 0.1) is 0 Å². The van der Waals surface area contributed by atoms with E-state index in [1.807, 2.05) is 0 Å². The highest BCUT2D eigenvalue weighted by Crippen LogP contribution is 2.01. The Morgan fingerprint density at radius 1 is 1.35 bits per heavy atom. The number of methoxy groups -OCH3 is 1. The third-order valence-electron chi connectivity index (χ3n) is 2.38. The van der Waals surface area contributed by atoms with Crippen LogP contribution in [0.5, 0.6) is 0 Å². The van der Waals surface area contributed by atoms with Gasteiger partial charge in [-0.3, -0.25) is 9.69 Å². The number of carboxylic acid groups (broad SMARTS) is 1. The summed E-state index contributed by atoms with van der Waals surface area (Å²) < 4.78 is 28.0. The monoisotopic (exact) mass is 267 g/mol. The first-order valence-electron chi connectivity index (χ1n) is 5.44. The molecular formula is C10H21NO5S. The minimum atomic E-state index is -3.13. The smallest absolute Gasteiger partial charge is 0.317 e. The van der Waals surface area contributed by atoms with Gasteiger partial charge in [-0.15, -0.1) is 0 Å². The van der Waals surface area contributed by atoms with Gasteiger partial charge in [-0.25, -0.2) is 8.42 Å². The maximum atomic E-state index is 11.6. The van der Waals surface area contributed by atoms with Crippen LogP contribution in [0.3, 0.4) is 0 Å². The number of sulfone groups is 1. The van der Waals surface area contributed by atoms with Crippen LogP contribution in [0.25, 0.3) is 0 Å². The van der Waals surface area contributed by atoms with Gasteiger partial charge in [-0.1, -0.05) is 0 Å². The van der Waals surface area contributed by atoms with Gasteiger partial charge in [0.2, 0.25) is 0 Å². The molecule has 0 saturated heterocycles. The summed E-state index contributed by atoms with van der Waals surface area (Å²) in [6.45, 7) is 4.08. The van der Waals surface area contributed by atoms with Crippen molar-refractivity contribution in [3.8, 4) is 0 Å². The van der Waals surface area contributed by atoms with Crippen LogP contribution < -0.4 is 0 Å². The first kappa shape index (κ1) is 16.3. The second-order valence-electron chi connectivity index (χ2n) is 4.08. The largest absolute Gasteiger partial charge is 0.480 e. The zero-order chi connectivity index (χ0) is 13.5. The molecule has 0 amide bonds. The summed E-state index contributed by atoms with van der Waals surface area (Å²) in [6, 6.07) is 0. The molecule has 17 heavy (non-hydrogen) atoms. The van der Waals surface area contributed by atoms with Crippen LogP contribution in [0.1, 0.15) is 13.8 Å². The van der Waals surface area contributed by atoms with Crippen molar-refractivity contribution in [2.75, 3.05) is 39.1 Å². The number of nitrogens with zero attached hydrogens (tertiary/aromatic N) is 1. The highest BCUT2D eigenvalue weighted by molar-refractivity contribution is 7.92. The summed E-state index contributed by atoms with van der Waals surface area (Å²) in [5.41, 5.74) is 0. The Morgan fingerprint density at radius 3 is 2.35 bits per heavy atom. The first-order valence-corrected chi connectivity index (χ1v) is 7.15. The first-order chi connectivity index (χ1) is 7.79. The third kappa shape index (κ3) is 7.30. The van der Waals surface area contributed by atoms with Crippen LogP contribution in [-0.2, 0) is 19.4 Å². The topological polar surface area (TPSA) is 83.9 Å². The summed E-state index contributed by atoms with van der Waals surface area (Å²) in [7, 11) is -1.61.